The molecule has 0 aliphatic carbocycles. The number of carboxylic acid groups (broad SMARTS) is 1. The Hall–Kier alpha value is -3.70. The molecule has 0 saturated carbocycles. The molecule has 0 aliphatic rings. The van der Waals surface area contributed by atoms with Gasteiger partial charge in [-0.25, -0.2) is 4.79 Å². The Morgan fingerprint density at radius 1 is 0.906 bits per heavy atom. The smallest absolute Gasteiger partial charge is 0.335 e. The van der Waals surface area contributed by atoms with E-state index < -0.39 is 5.97 Å². The molecule has 160 valence electrons. The van der Waals surface area contributed by atoms with E-state index in [1.165, 1.54) is 0 Å². The molecule has 1 aromatic heterocycles. The number of aromatic nitrogens is 1. The van der Waals surface area contributed by atoms with Gasteiger partial charge in [-0.3, -0.25) is 4.79 Å². The number of benzene rings is 3. The minimum atomic E-state index is -1.02. The first kappa shape index (κ1) is 21.5. The van der Waals surface area contributed by atoms with Crippen LogP contribution in [0.3, 0.4) is 0 Å². The summed E-state index contributed by atoms with van der Waals surface area (Å²) >= 11 is 5.99. The van der Waals surface area contributed by atoms with Gasteiger partial charge in [0.2, 0.25) is 0 Å². The van der Waals surface area contributed by atoms with Gasteiger partial charge in [0.05, 0.1) is 16.8 Å². The lowest BCUT2D eigenvalue weighted by molar-refractivity contribution is 0.0696. The van der Waals surface area contributed by atoms with Gasteiger partial charge in [0.25, 0.3) is 0 Å². The number of carbonyl (C=O) groups excluding carboxylic acids is 1. The summed E-state index contributed by atoms with van der Waals surface area (Å²) in [5.74, 6) is -0.740. The quantitative estimate of drug-likeness (QED) is 0.354. The van der Waals surface area contributed by atoms with E-state index in [1.54, 1.807) is 56.3 Å². The third kappa shape index (κ3) is 3.83. The van der Waals surface area contributed by atoms with Crippen molar-refractivity contribution < 1.29 is 19.2 Å². The van der Waals surface area contributed by atoms with Gasteiger partial charge < -0.3 is 9.63 Å². The summed E-state index contributed by atoms with van der Waals surface area (Å²) < 4.78 is 5.67. The predicted octanol–water partition coefficient (Wildman–Crippen LogP) is 6.52. The zero-order chi connectivity index (χ0) is 23.0. The summed E-state index contributed by atoms with van der Waals surface area (Å²) in [7, 11) is 0. The van der Waals surface area contributed by atoms with Gasteiger partial charge in [-0.1, -0.05) is 46.6 Å². The van der Waals surface area contributed by atoms with Crippen molar-refractivity contribution in [1.29, 1.82) is 0 Å². The lowest BCUT2D eigenvalue weighted by atomic mass is 9.89. The summed E-state index contributed by atoms with van der Waals surface area (Å²) in [6, 6.07) is 17.4. The molecule has 0 fully saturated rings. The molecule has 1 heterocycles. The van der Waals surface area contributed by atoms with Gasteiger partial charge in [-0.15, -0.1) is 0 Å². The van der Waals surface area contributed by atoms with Crippen LogP contribution in [0.25, 0.3) is 22.5 Å². The molecule has 4 rings (SSSR count). The Kier molecular flexibility index (Phi) is 5.68. The van der Waals surface area contributed by atoms with Crippen molar-refractivity contribution >= 4 is 23.4 Å². The Morgan fingerprint density at radius 3 is 2.31 bits per heavy atom. The van der Waals surface area contributed by atoms with Crippen molar-refractivity contribution in [2.24, 2.45) is 0 Å². The molecule has 0 bridgehead atoms. The molecule has 5 nitrogen and oxygen atoms in total. The number of halogens is 1. The number of ketones is 1. The Bertz CT molecular complexity index is 1350. The standard InChI is InChI=1S/C26H20ClNO4/c1-14-7-12-21(22(13-14)24(29)17-8-10-18(27)11-9-17)23-16(3)28-32-25(23)19-5-4-6-20(15(19)2)26(30)31/h4-13H,1-3H3,(H,30,31). The van der Waals surface area contributed by atoms with Crippen molar-refractivity contribution in [1.82, 2.24) is 5.16 Å². The fourth-order valence-electron chi connectivity index (χ4n) is 3.80. The highest BCUT2D eigenvalue weighted by Gasteiger charge is 2.25. The van der Waals surface area contributed by atoms with Crippen LogP contribution in [0.4, 0.5) is 0 Å². The Balaban J connectivity index is 1.93. The van der Waals surface area contributed by atoms with Crippen molar-refractivity contribution in [2.75, 3.05) is 0 Å². The maximum atomic E-state index is 13.4. The van der Waals surface area contributed by atoms with E-state index in [0.29, 0.717) is 49.9 Å². The lowest BCUT2D eigenvalue weighted by Crippen LogP contribution is -2.05. The minimum absolute atomic E-state index is 0.150. The van der Waals surface area contributed by atoms with Crippen LogP contribution < -0.4 is 0 Å². The fourth-order valence-corrected chi connectivity index (χ4v) is 3.93. The predicted molar refractivity (Wildman–Crippen MR) is 123 cm³/mol. The van der Waals surface area contributed by atoms with Gasteiger partial charge in [0.1, 0.15) is 0 Å². The third-order valence-corrected chi connectivity index (χ3v) is 5.72. The monoisotopic (exact) mass is 445 g/mol. The van der Waals surface area contributed by atoms with Crippen LogP contribution >= 0.6 is 11.6 Å². The number of carbonyl (C=O) groups is 2. The van der Waals surface area contributed by atoms with E-state index in [4.69, 9.17) is 16.1 Å². The van der Waals surface area contributed by atoms with Crippen LogP contribution in [0, 0.1) is 20.8 Å². The number of rotatable bonds is 5. The van der Waals surface area contributed by atoms with Crippen LogP contribution in [0.5, 0.6) is 0 Å². The van der Waals surface area contributed by atoms with Crippen LogP contribution in [0.1, 0.15) is 43.1 Å². The molecule has 0 amide bonds. The number of hydrogen-bond acceptors (Lipinski definition) is 4. The SMILES string of the molecule is Cc1ccc(-c2c(C)noc2-c2cccc(C(=O)O)c2C)c(C(=O)c2ccc(Cl)cc2)c1. The molecule has 3 aromatic carbocycles. The van der Waals surface area contributed by atoms with Crippen LogP contribution in [-0.2, 0) is 0 Å². The molecule has 0 unspecified atom stereocenters. The highest BCUT2D eigenvalue weighted by Crippen LogP contribution is 2.39. The normalized spacial score (nSPS) is 10.9. The molecule has 0 radical (unpaired) electrons. The van der Waals surface area contributed by atoms with E-state index in [9.17, 15) is 14.7 Å². The number of nitrogens with zero attached hydrogens (tertiary/aromatic N) is 1. The molecular formula is C26H20ClNO4. The molecule has 0 atom stereocenters. The molecular weight excluding hydrogens is 426 g/mol. The Labute approximate surface area is 190 Å². The van der Waals surface area contributed by atoms with Gasteiger partial charge in [-0.05, 0) is 68.3 Å². The average Bonchev–Trinajstić information content (AvgIpc) is 3.14. The fraction of sp³-hybridized carbons (Fsp3) is 0.115. The molecule has 4 aromatic rings. The van der Waals surface area contributed by atoms with E-state index in [0.717, 1.165) is 5.56 Å². The second-order valence-electron chi connectivity index (χ2n) is 7.64. The zero-order valence-electron chi connectivity index (χ0n) is 17.8. The summed E-state index contributed by atoms with van der Waals surface area (Å²) in [5, 5.41) is 14.2. The average molecular weight is 446 g/mol. The number of hydrogen-bond donors (Lipinski definition) is 1. The van der Waals surface area contributed by atoms with Gasteiger partial charge in [0, 0.05) is 21.7 Å². The first-order chi connectivity index (χ1) is 15.3. The maximum absolute atomic E-state index is 13.4. The third-order valence-electron chi connectivity index (χ3n) is 5.47. The first-order valence-electron chi connectivity index (χ1n) is 9.98. The molecule has 0 aliphatic heterocycles. The highest BCUT2D eigenvalue weighted by atomic mass is 35.5. The number of carboxylic acids is 1. The van der Waals surface area contributed by atoms with Crippen molar-refractivity contribution in [2.45, 2.75) is 20.8 Å². The maximum Gasteiger partial charge on any atom is 0.335 e. The van der Waals surface area contributed by atoms with Crippen molar-refractivity contribution in [3.63, 3.8) is 0 Å². The molecule has 1 N–H and O–H groups in total. The van der Waals surface area contributed by atoms with Crippen LogP contribution in [0.15, 0.2) is 65.2 Å². The summed E-state index contributed by atoms with van der Waals surface area (Å²) in [6.45, 7) is 5.45. The van der Waals surface area contributed by atoms with Crippen molar-refractivity contribution in [3.05, 3.63) is 99.2 Å². The molecule has 0 spiro atoms. The van der Waals surface area contributed by atoms with E-state index in [-0.39, 0.29) is 11.3 Å². The lowest BCUT2D eigenvalue weighted by Gasteiger charge is -2.12. The number of aryl methyl sites for hydroxylation is 2. The summed E-state index contributed by atoms with van der Waals surface area (Å²) in [6.07, 6.45) is 0. The van der Waals surface area contributed by atoms with E-state index >= 15 is 0 Å². The second kappa shape index (κ2) is 8.44. The summed E-state index contributed by atoms with van der Waals surface area (Å²) in [5.41, 5.74) is 5.26. The Morgan fingerprint density at radius 2 is 1.62 bits per heavy atom. The number of aromatic carboxylic acids is 1. The molecule has 32 heavy (non-hydrogen) atoms. The first-order valence-corrected chi connectivity index (χ1v) is 10.4. The second-order valence-corrected chi connectivity index (χ2v) is 8.08. The van der Waals surface area contributed by atoms with Crippen LogP contribution in [0.2, 0.25) is 5.02 Å². The van der Waals surface area contributed by atoms with Crippen LogP contribution in [-0.4, -0.2) is 22.0 Å². The zero-order valence-corrected chi connectivity index (χ0v) is 18.5. The summed E-state index contributed by atoms with van der Waals surface area (Å²) in [4.78, 5) is 25.1. The molecule has 6 heteroatoms. The topological polar surface area (TPSA) is 80.4 Å². The van der Waals surface area contributed by atoms with E-state index in [1.807, 2.05) is 25.1 Å². The van der Waals surface area contributed by atoms with Gasteiger partial charge >= 0.3 is 5.97 Å². The minimum Gasteiger partial charge on any atom is -0.478 e. The van der Waals surface area contributed by atoms with Gasteiger partial charge in [0.15, 0.2) is 11.5 Å². The highest BCUT2D eigenvalue weighted by molar-refractivity contribution is 6.30. The molecule has 0 saturated heterocycles. The van der Waals surface area contributed by atoms with Crippen molar-refractivity contribution in [3.8, 4) is 22.5 Å². The van der Waals surface area contributed by atoms with E-state index in [2.05, 4.69) is 5.16 Å². The largest absolute Gasteiger partial charge is 0.478 e. The van der Waals surface area contributed by atoms with Gasteiger partial charge in [-0.2, -0.15) is 0 Å².